The van der Waals surface area contributed by atoms with E-state index in [-0.39, 0.29) is 6.04 Å². The zero-order valence-corrected chi connectivity index (χ0v) is 12.0. The Morgan fingerprint density at radius 2 is 2.11 bits per heavy atom. The molecule has 2 aromatic rings. The Kier molecular flexibility index (Phi) is 4.88. The molecule has 19 heavy (non-hydrogen) atoms. The van der Waals surface area contributed by atoms with Crippen LogP contribution in [-0.2, 0) is 0 Å². The van der Waals surface area contributed by atoms with Gasteiger partial charge in [-0.15, -0.1) is 0 Å². The fraction of sp³-hybridized carbons (Fsp3) is 0.333. The maximum atomic E-state index is 6.15. The van der Waals surface area contributed by atoms with Gasteiger partial charge in [0.1, 0.15) is 0 Å². The molecule has 1 aromatic carbocycles. The van der Waals surface area contributed by atoms with Crippen molar-refractivity contribution in [2.75, 3.05) is 6.54 Å². The van der Waals surface area contributed by atoms with Crippen LogP contribution in [0.5, 0.6) is 0 Å². The molecule has 1 unspecified atom stereocenters. The molecule has 0 bridgehead atoms. The molecule has 1 aromatic heterocycles. The van der Waals surface area contributed by atoms with E-state index in [0.717, 1.165) is 34.8 Å². The molecule has 1 heterocycles. The van der Waals surface area contributed by atoms with Crippen LogP contribution < -0.4 is 5.32 Å². The third kappa shape index (κ3) is 3.75. The van der Waals surface area contributed by atoms with E-state index in [1.54, 1.807) is 18.6 Å². The van der Waals surface area contributed by atoms with Crippen LogP contribution in [0, 0.1) is 6.92 Å². The number of benzene rings is 1. The van der Waals surface area contributed by atoms with E-state index in [1.807, 2.05) is 19.1 Å². The van der Waals surface area contributed by atoms with Gasteiger partial charge in [-0.05, 0) is 43.1 Å². The van der Waals surface area contributed by atoms with Crippen molar-refractivity contribution in [2.45, 2.75) is 26.3 Å². The Balaban J connectivity index is 2.36. The van der Waals surface area contributed by atoms with Gasteiger partial charge in [-0.25, -0.2) is 0 Å². The van der Waals surface area contributed by atoms with E-state index in [0.29, 0.717) is 0 Å². The summed E-state index contributed by atoms with van der Waals surface area (Å²) in [7, 11) is 0. The SMILES string of the molecule is CCCNC(c1cc(C)cc(Cl)c1)c1cnccn1. The highest BCUT2D eigenvalue weighted by atomic mass is 35.5. The van der Waals surface area contributed by atoms with Crippen LogP contribution in [-0.4, -0.2) is 16.5 Å². The van der Waals surface area contributed by atoms with Gasteiger partial charge in [0, 0.05) is 17.4 Å². The average Bonchev–Trinajstić information content (AvgIpc) is 2.39. The number of aromatic nitrogens is 2. The maximum Gasteiger partial charge on any atom is 0.0801 e. The zero-order valence-electron chi connectivity index (χ0n) is 11.2. The Bertz CT molecular complexity index is 508. The lowest BCUT2D eigenvalue weighted by molar-refractivity contribution is 0.584. The summed E-state index contributed by atoms with van der Waals surface area (Å²) >= 11 is 6.15. The fourth-order valence-electron chi connectivity index (χ4n) is 2.07. The Morgan fingerprint density at radius 3 is 2.74 bits per heavy atom. The van der Waals surface area contributed by atoms with Gasteiger partial charge >= 0.3 is 0 Å². The number of hydrogen-bond donors (Lipinski definition) is 1. The van der Waals surface area contributed by atoms with Gasteiger partial charge in [-0.2, -0.15) is 0 Å². The highest BCUT2D eigenvalue weighted by Gasteiger charge is 2.15. The molecule has 3 nitrogen and oxygen atoms in total. The normalized spacial score (nSPS) is 12.4. The smallest absolute Gasteiger partial charge is 0.0801 e. The minimum Gasteiger partial charge on any atom is -0.305 e. The van der Waals surface area contributed by atoms with Crippen LogP contribution in [0.4, 0.5) is 0 Å². The third-order valence-corrected chi connectivity index (χ3v) is 3.09. The highest BCUT2D eigenvalue weighted by Crippen LogP contribution is 2.24. The molecule has 0 saturated carbocycles. The van der Waals surface area contributed by atoms with E-state index >= 15 is 0 Å². The molecule has 2 rings (SSSR count). The van der Waals surface area contributed by atoms with Crippen molar-refractivity contribution < 1.29 is 0 Å². The van der Waals surface area contributed by atoms with E-state index in [1.165, 1.54) is 0 Å². The summed E-state index contributed by atoms with van der Waals surface area (Å²) in [5, 5.41) is 4.25. The molecule has 0 spiro atoms. The van der Waals surface area contributed by atoms with Crippen LogP contribution in [0.1, 0.15) is 36.2 Å². The number of halogens is 1. The van der Waals surface area contributed by atoms with E-state index in [9.17, 15) is 0 Å². The summed E-state index contributed by atoms with van der Waals surface area (Å²) < 4.78 is 0. The predicted molar refractivity (Wildman–Crippen MR) is 78.4 cm³/mol. The molecule has 0 saturated heterocycles. The van der Waals surface area contributed by atoms with Gasteiger partial charge < -0.3 is 5.32 Å². The summed E-state index contributed by atoms with van der Waals surface area (Å²) in [4.78, 5) is 8.55. The van der Waals surface area contributed by atoms with Crippen LogP contribution in [0.2, 0.25) is 5.02 Å². The molecule has 0 amide bonds. The van der Waals surface area contributed by atoms with Gasteiger partial charge in [0.2, 0.25) is 0 Å². The molecule has 0 aliphatic heterocycles. The molecule has 0 aliphatic carbocycles. The van der Waals surface area contributed by atoms with E-state index in [2.05, 4.69) is 28.3 Å². The van der Waals surface area contributed by atoms with Gasteiger partial charge in [0.25, 0.3) is 0 Å². The first kappa shape index (κ1) is 14.0. The largest absolute Gasteiger partial charge is 0.305 e. The van der Waals surface area contributed by atoms with E-state index < -0.39 is 0 Å². The number of nitrogens with zero attached hydrogens (tertiary/aromatic N) is 2. The van der Waals surface area contributed by atoms with Crippen LogP contribution >= 0.6 is 11.6 Å². The molecule has 4 heteroatoms. The number of hydrogen-bond acceptors (Lipinski definition) is 3. The van der Waals surface area contributed by atoms with Crippen molar-refractivity contribution in [3.8, 4) is 0 Å². The maximum absolute atomic E-state index is 6.15. The van der Waals surface area contributed by atoms with Crippen molar-refractivity contribution >= 4 is 11.6 Å². The molecule has 0 fully saturated rings. The summed E-state index contributed by atoms with van der Waals surface area (Å²) in [6, 6.07) is 6.11. The lowest BCUT2D eigenvalue weighted by atomic mass is 10.0. The molecule has 1 atom stereocenters. The number of rotatable bonds is 5. The third-order valence-electron chi connectivity index (χ3n) is 2.88. The second-order valence-corrected chi connectivity index (χ2v) is 5.02. The van der Waals surface area contributed by atoms with Crippen molar-refractivity contribution in [3.05, 3.63) is 58.6 Å². The van der Waals surface area contributed by atoms with Gasteiger partial charge in [-0.3, -0.25) is 9.97 Å². The molecule has 100 valence electrons. The first-order valence-corrected chi connectivity index (χ1v) is 6.85. The minimum atomic E-state index is 0.0334. The summed E-state index contributed by atoms with van der Waals surface area (Å²) in [6.45, 7) is 5.11. The molecular weight excluding hydrogens is 258 g/mol. The lowest BCUT2D eigenvalue weighted by Gasteiger charge is -2.19. The Labute approximate surface area is 119 Å². The summed E-state index contributed by atoms with van der Waals surface area (Å²) in [5.74, 6) is 0. The fourth-order valence-corrected chi connectivity index (χ4v) is 2.37. The first-order valence-electron chi connectivity index (χ1n) is 6.47. The summed E-state index contributed by atoms with van der Waals surface area (Å²) in [5.41, 5.74) is 3.19. The van der Waals surface area contributed by atoms with Crippen molar-refractivity contribution in [1.82, 2.24) is 15.3 Å². The second kappa shape index (κ2) is 6.64. The predicted octanol–water partition coefficient (Wildman–Crippen LogP) is 3.53. The molecule has 0 radical (unpaired) electrons. The minimum absolute atomic E-state index is 0.0334. The zero-order chi connectivity index (χ0) is 13.7. The first-order chi connectivity index (χ1) is 9.20. The Morgan fingerprint density at radius 1 is 1.26 bits per heavy atom. The Hall–Kier alpha value is -1.45. The topological polar surface area (TPSA) is 37.8 Å². The second-order valence-electron chi connectivity index (χ2n) is 4.58. The van der Waals surface area contributed by atoms with Gasteiger partial charge in [0.15, 0.2) is 0 Å². The van der Waals surface area contributed by atoms with Crippen LogP contribution in [0.15, 0.2) is 36.8 Å². The monoisotopic (exact) mass is 275 g/mol. The van der Waals surface area contributed by atoms with Gasteiger partial charge in [-0.1, -0.05) is 24.6 Å². The highest BCUT2D eigenvalue weighted by molar-refractivity contribution is 6.30. The number of aryl methyl sites for hydroxylation is 1. The van der Waals surface area contributed by atoms with Crippen molar-refractivity contribution in [3.63, 3.8) is 0 Å². The summed E-state index contributed by atoms with van der Waals surface area (Å²) in [6.07, 6.45) is 6.26. The van der Waals surface area contributed by atoms with Crippen LogP contribution in [0.3, 0.4) is 0 Å². The van der Waals surface area contributed by atoms with Gasteiger partial charge in [0.05, 0.1) is 17.9 Å². The number of nitrogens with one attached hydrogen (secondary N) is 1. The van der Waals surface area contributed by atoms with Crippen LogP contribution in [0.25, 0.3) is 0 Å². The van der Waals surface area contributed by atoms with Crippen molar-refractivity contribution in [1.29, 1.82) is 0 Å². The van der Waals surface area contributed by atoms with Crippen molar-refractivity contribution in [2.24, 2.45) is 0 Å². The standard InChI is InChI=1S/C15H18ClN3/c1-3-4-19-15(14-10-17-5-6-18-14)12-7-11(2)8-13(16)9-12/h5-10,15,19H,3-4H2,1-2H3. The lowest BCUT2D eigenvalue weighted by Crippen LogP contribution is -2.24. The van der Waals surface area contributed by atoms with E-state index in [4.69, 9.17) is 11.6 Å². The quantitative estimate of drug-likeness (QED) is 0.907. The average molecular weight is 276 g/mol. The molecule has 1 N–H and O–H groups in total. The molecular formula is C15H18ClN3. The molecule has 0 aliphatic rings.